The van der Waals surface area contributed by atoms with Gasteiger partial charge in [-0.3, -0.25) is 0 Å². The maximum atomic E-state index is 5.60. The highest BCUT2D eigenvalue weighted by Gasteiger charge is 2.24. The molecule has 1 N–H and O–H groups in total. The minimum atomic E-state index is 0.448. The Morgan fingerprint density at radius 2 is 2.12 bits per heavy atom. The summed E-state index contributed by atoms with van der Waals surface area (Å²) in [4.78, 5) is 0. The summed E-state index contributed by atoms with van der Waals surface area (Å²) in [5, 5.41) is 3.64. The van der Waals surface area contributed by atoms with Gasteiger partial charge in [0.2, 0.25) is 0 Å². The SMILES string of the molecule is CCNC(CCC(C)(C)C)C1CCCOC1. The lowest BCUT2D eigenvalue weighted by molar-refractivity contribution is 0.0364. The van der Waals surface area contributed by atoms with Gasteiger partial charge in [-0.1, -0.05) is 27.7 Å². The Kier molecular flexibility index (Phi) is 5.77. The van der Waals surface area contributed by atoms with Crippen molar-refractivity contribution in [2.75, 3.05) is 19.8 Å². The zero-order valence-electron chi connectivity index (χ0n) is 11.5. The van der Waals surface area contributed by atoms with Crippen molar-refractivity contribution in [3.63, 3.8) is 0 Å². The van der Waals surface area contributed by atoms with Crippen molar-refractivity contribution < 1.29 is 4.74 Å². The number of ether oxygens (including phenoxy) is 1. The van der Waals surface area contributed by atoms with Gasteiger partial charge in [0.15, 0.2) is 0 Å². The molecule has 0 aliphatic carbocycles. The van der Waals surface area contributed by atoms with E-state index in [2.05, 4.69) is 33.0 Å². The Morgan fingerprint density at radius 3 is 2.62 bits per heavy atom. The fourth-order valence-electron chi connectivity index (χ4n) is 2.44. The summed E-state index contributed by atoms with van der Waals surface area (Å²) in [7, 11) is 0. The predicted octanol–water partition coefficient (Wildman–Crippen LogP) is 3.22. The molecule has 0 saturated carbocycles. The smallest absolute Gasteiger partial charge is 0.0509 e. The first-order valence-electron chi connectivity index (χ1n) is 6.84. The molecule has 0 aromatic carbocycles. The quantitative estimate of drug-likeness (QED) is 0.778. The van der Waals surface area contributed by atoms with E-state index >= 15 is 0 Å². The summed E-state index contributed by atoms with van der Waals surface area (Å²) in [6, 6.07) is 0.657. The summed E-state index contributed by atoms with van der Waals surface area (Å²) in [5.41, 5.74) is 0.448. The van der Waals surface area contributed by atoms with Crippen LogP contribution in [-0.4, -0.2) is 25.8 Å². The Bertz CT molecular complexity index is 180. The molecule has 96 valence electrons. The largest absolute Gasteiger partial charge is 0.381 e. The Morgan fingerprint density at radius 1 is 1.38 bits per heavy atom. The average molecular weight is 227 g/mol. The van der Waals surface area contributed by atoms with Crippen LogP contribution >= 0.6 is 0 Å². The third-order valence-corrected chi connectivity index (χ3v) is 3.44. The van der Waals surface area contributed by atoms with Crippen LogP contribution in [0.4, 0.5) is 0 Å². The summed E-state index contributed by atoms with van der Waals surface area (Å²) in [5.74, 6) is 0.732. The molecule has 1 aliphatic rings. The van der Waals surface area contributed by atoms with Crippen LogP contribution in [0.25, 0.3) is 0 Å². The van der Waals surface area contributed by atoms with Gasteiger partial charge in [0.25, 0.3) is 0 Å². The second-order valence-electron chi connectivity index (χ2n) is 6.24. The van der Waals surface area contributed by atoms with E-state index in [-0.39, 0.29) is 0 Å². The molecule has 0 bridgehead atoms. The van der Waals surface area contributed by atoms with Crippen molar-refractivity contribution in [2.45, 2.75) is 59.4 Å². The van der Waals surface area contributed by atoms with Crippen molar-refractivity contribution in [2.24, 2.45) is 11.3 Å². The van der Waals surface area contributed by atoms with Gasteiger partial charge in [-0.25, -0.2) is 0 Å². The van der Waals surface area contributed by atoms with Crippen LogP contribution in [0, 0.1) is 11.3 Å². The lowest BCUT2D eigenvalue weighted by Gasteiger charge is -2.32. The summed E-state index contributed by atoms with van der Waals surface area (Å²) < 4.78 is 5.60. The number of rotatable bonds is 5. The summed E-state index contributed by atoms with van der Waals surface area (Å²) >= 11 is 0. The lowest BCUT2D eigenvalue weighted by Crippen LogP contribution is -2.40. The molecule has 0 radical (unpaired) electrons. The van der Waals surface area contributed by atoms with Gasteiger partial charge in [0.1, 0.15) is 0 Å². The first-order valence-corrected chi connectivity index (χ1v) is 6.84. The average Bonchev–Trinajstić information content (AvgIpc) is 2.24. The maximum absolute atomic E-state index is 5.60. The molecule has 2 nitrogen and oxygen atoms in total. The Balaban J connectivity index is 2.39. The van der Waals surface area contributed by atoms with Crippen LogP contribution in [0.3, 0.4) is 0 Å². The van der Waals surface area contributed by atoms with Crippen molar-refractivity contribution in [1.82, 2.24) is 5.32 Å². The van der Waals surface area contributed by atoms with E-state index < -0.39 is 0 Å². The van der Waals surface area contributed by atoms with E-state index in [1.54, 1.807) is 0 Å². The van der Waals surface area contributed by atoms with Gasteiger partial charge in [0.05, 0.1) is 6.61 Å². The van der Waals surface area contributed by atoms with E-state index in [4.69, 9.17) is 4.74 Å². The molecule has 1 rings (SSSR count). The van der Waals surface area contributed by atoms with Gasteiger partial charge in [-0.2, -0.15) is 0 Å². The minimum absolute atomic E-state index is 0.448. The molecule has 2 unspecified atom stereocenters. The molecule has 0 aromatic rings. The summed E-state index contributed by atoms with van der Waals surface area (Å²) in [6.07, 6.45) is 5.15. The van der Waals surface area contributed by atoms with Gasteiger partial charge in [-0.15, -0.1) is 0 Å². The molecule has 0 amide bonds. The third kappa shape index (κ3) is 5.31. The van der Waals surface area contributed by atoms with Gasteiger partial charge < -0.3 is 10.1 Å². The topological polar surface area (TPSA) is 21.3 Å². The third-order valence-electron chi connectivity index (χ3n) is 3.44. The number of nitrogens with one attached hydrogen (secondary N) is 1. The number of hydrogen-bond donors (Lipinski definition) is 1. The van der Waals surface area contributed by atoms with E-state index in [9.17, 15) is 0 Å². The standard InChI is InChI=1S/C14H29NO/c1-5-15-13(8-9-14(2,3)4)12-7-6-10-16-11-12/h12-13,15H,5-11H2,1-4H3. The van der Waals surface area contributed by atoms with Gasteiger partial charge >= 0.3 is 0 Å². The van der Waals surface area contributed by atoms with Crippen LogP contribution in [0.15, 0.2) is 0 Å². The molecule has 2 heteroatoms. The molecular formula is C14H29NO. The van der Waals surface area contributed by atoms with E-state index in [1.165, 1.54) is 25.7 Å². The van der Waals surface area contributed by atoms with Gasteiger partial charge in [-0.05, 0) is 43.6 Å². The van der Waals surface area contributed by atoms with Crippen molar-refractivity contribution in [3.8, 4) is 0 Å². The molecule has 0 aromatic heterocycles. The van der Waals surface area contributed by atoms with E-state index in [0.29, 0.717) is 11.5 Å². The van der Waals surface area contributed by atoms with Crippen LogP contribution < -0.4 is 5.32 Å². The molecular weight excluding hydrogens is 198 g/mol. The Labute approximate surface area is 101 Å². The van der Waals surface area contributed by atoms with Crippen molar-refractivity contribution >= 4 is 0 Å². The van der Waals surface area contributed by atoms with Crippen LogP contribution in [0.1, 0.15) is 53.4 Å². The molecule has 16 heavy (non-hydrogen) atoms. The van der Waals surface area contributed by atoms with Crippen LogP contribution in [0.5, 0.6) is 0 Å². The highest BCUT2D eigenvalue weighted by atomic mass is 16.5. The first kappa shape index (κ1) is 14.0. The monoisotopic (exact) mass is 227 g/mol. The number of hydrogen-bond acceptors (Lipinski definition) is 2. The molecule has 1 fully saturated rings. The predicted molar refractivity (Wildman–Crippen MR) is 69.7 cm³/mol. The highest BCUT2D eigenvalue weighted by Crippen LogP contribution is 2.26. The molecule has 1 aliphatic heterocycles. The normalized spacial score (nSPS) is 24.4. The van der Waals surface area contributed by atoms with Crippen LogP contribution in [-0.2, 0) is 4.74 Å². The van der Waals surface area contributed by atoms with E-state index in [1.807, 2.05) is 0 Å². The molecule has 2 atom stereocenters. The van der Waals surface area contributed by atoms with E-state index in [0.717, 1.165) is 25.7 Å². The first-order chi connectivity index (χ1) is 7.53. The van der Waals surface area contributed by atoms with Gasteiger partial charge in [0, 0.05) is 12.6 Å². The zero-order valence-corrected chi connectivity index (χ0v) is 11.5. The lowest BCUT2D eigenvalue weighted by atomic mass is 9.84. The zero-order chi connectivity index (χ0) is 12.0. The maximum Gasteiger partial charge on any atom is 0.0509 e. The highest BCUT2D eigenvalue weighted by molar-refractivity contribution is 4.80. The second kappa shape index (κ2) is 6.61. The van der Waals surface area contributed by atoms with Crippen molar-refractivity contribution in [1.29, 1.82) is 0 Å². The molecule has 1 saturated heterocycles. The molecule has 0 spiro atoms. The minimum Gasteiger partial charge on any atom is -0.381 e. The van der Waals surface area contributed by atoms with Crippen LogP contribution in [0.2, 0.25) is 0 Å². The molecule has 1 heterocycles. The van der Waals surface area contributed by atoms with Crippen molar-refractivity contribution in [3.05, 3.63) is 0 Å². The Hall–Kier alpha value is -0.0800. The fraction of sp³-hybridized carbons (Fsp3) is 1.00. The second-order valence-corrected chi connectivity index (χ2v) is 6.24. The fourth-order valence-corrected chi connectivity index (χ4v) is 2.44. The summed E-state index contributed by atoms with van der Waals surface area (Å²) in [6.45, 7) is 12.2.